The standard InChI is InChI=1S/C18H23NO2/c1-5-19(18(3,4)17(20)21)13(2)15-11-10-14-8-6-7-9-16(14)12-15/h6-13H,5H2,1-4H3,(H,20,21). The summed E-state index contributed by atoms with van der Waals surface area (Å²) in [6.07, 6.45) is 0. The highest BCUT2D eigenvalue weighted by atomic mass is 16.4. The van der Waals surface area contributed by atoms with Gasteiger partial charge in [0.25, 0.3) is 0 Å². The molecule has 0 aliphatic heterocycles. The van der Waals surface area contributed by atoms with Gasteiger partial charge in [0.1, 0.15) is 5.54 Å². The smallest absolute Gasteiger partial charge is 0.323 e. The van der Waals surface area contributed by atoms with E-state index in [1.165, 1.54) is 10.8 Å². The van der Waals surface area contributed by atoms with Crippen molar-refractivity contribution < 1.29 is 9.90 Å². The summed E-state index contributed by atoms with van der Waals surface area (Å²) in [6, 6.07) is 14.6. The molecule has 3 heteroatoms. The van der Waals surface area contributed by atoms with E-state index in [0.29, 0.717) is 6.54 Å². The summed E-state index contributed by atoms with van der Waals surface area (Å²) in [4.78, 5) is 13.5. The van der Waals surface area contributed by atoms with Gasteiger partial charge < -0.3 is 5.11 Å². The Hall–Kier alpha value is -1.87. The predicted octanol–water partition coefficient (Wildman–Crippen LogP) is 4.09. The summed E-state index contributed by atoms with van der Waals surface area (Å²) in [5.41, 5.74) is 0.254. The van der Waals surface area contributed by atoms with Gasteiger partial charge in [-0.3, -0.25) is 9.69 Å². The fraction of sp³-hybridized carbons (Fsp3) is 0.389. The summed E-state index contributed by atoms with van der Waals surface area (Å²) >= 11 is 0. The van der Waals surface area contributed by atoms with Gasteiger partial charge in [-0.15, -0.1) is 0 Å². The molecule has 0 aromatic heterocycles. The van der Waals surface area contributed by atoms with Crippen LogP contribution in [0.4, 0.5) is 0 Å². The number of likely N-dealkylation sites (N-methyl/N-ethyl adjacent to an activating group) is 1. The van der Waals surface area contributed by atoms with Crippen LogP contribution >= 0.6 is 0 Å². The van der Waals surface area contributed by atoms with Crippen LogP contribution in [0.2, 0.25) is 0 Å². The molecule has 3 nitrogen and oxygen atoms in total. The van der Waals surface area contributed by atoms with Crippen LogP contribution in [0, 0.1) is 0 Å². The van der Waals surface area contributed by atoms with Gasteiger partial charge in [0.2, 0.25) is 0 Å². The van der Waals surface area contributed by atoms with Gasteiger partial charge in [-0.1, -0.05) is 43.3 Å². The third kappa shape index (κ3) is 2.93. The van der Waals surface area contributed by atoms with E-state index in [2.05, 4.69) is 37.3 Å². The lowest BCUT2D eigenvalue weighted by atomic mass is 9.96. The van der Waals surface area contributed by atoms with E-state index in [9.17, 15) is 9.90 Å². The van der Waals surface area contributed by atoms with Crippen LogP contribution in [0.3, 0.4) is 0 Å². The van der Waals surface area contributed by atoms with Gasteiger partial charge in [0.15, 0.2) is 0 Å². The zero-order valence-electron chi connectivity index (χ0n) is 13.1. The molecular formula is C18H23NO2. The predicted molar refractivity (Wildman–Crippen MR) is 86.5 cm³/mol. The zero-order valence-corrected chi connectivity index (χ0v) is 13.1. The normalized spacial score (nSPS) is 13.6. The van der Waals surface area contributed by atoms with Crippen molar-refractivity contribution in [1.29, 1.82) is 0 Å². The molecule has 0 saturated carbocycles. The maximum absolute atomic E-state index is 11.5. The van der Waals surface area contributed by atoms with E-state index in [4.69, 9.17) is 0 Å². The Labute approximate surface area is 126 Å². The molecular weight excluding hydrogens is 262 g/mol. The van der Waals surface area contributed by atoms with Crippen molar-refractivity contribution >= 4 is 16.7 Å². The average Bonchev–Trinajstić information content (AvgIpc) is 2.46. The van der Waals surface area contributed by atoms with Crippen LogP contribution in [-0.4, -0.2) is 28.1 Å². The number of fused-ring (bicyclic) bond motifs is 1. The van der Waals surface area contributed by atoms with Crippen molar-refractivity contribution in [1.82, 2.24) is 4.90 Å². The number of rotatable bonds is 5. The summed E-state index contributed by atoms with van der Waals surface area (Å²) in [5.74, 6) is -0.794. The molecule has 2 aromatic carbocycles. The maximum atomic E-state index is 11.5. The number of hydrogen-bond donors (Lipinski definition) is 1. The highest BCUT2D eigenvalue weighted by Crippen LogP contribution is 2.30. The molecule has 0 bridgehead atoms. The van der Waals surface area contributed by atoms with E-state index in [1.807, 2.05) is 24.0 Å². The summed E-state index contributed by atoms with van der Waals surface area (Å²) in [6.45, 7) is 8.28. The van der Waals surface area contributed by atoms with E-state index in [1.54, 1.807) is 13.8 Å². The molecule has 1 unspecified atom stereocenters. The van der Waals surface area contributed by atoms with Crippen LogP contribution in [0.15, 0.2) is 42.5 Å². The number of benzene rings is 2. The van der Waals surface area contributed by atoms with Crippen molar-refractivity contribution in [2.75, 3.05) is 6.54 Å². The minimum Gasteiger partial charge on any atom is -0.480 e. The van der Waals surface area contributed by atoms with Crippen molar-refractivity contribution in [3.8, 4) is 0 Å². The number of aliphatic carboxylic acids is 1. The largest absolute Gasteiger partial charge is 0.480 e. The second-order valence-electron chi connectivity index (χ2n) is 5.93. The highest BCUT2D eigenvalue weighted by Gasteiger charge is 2.36. The van der Waals surface area contributed by atoms with Crippen molar-refractivity contribution in [3.63, 3.8) is 0 Å². The molecule has 0 heterocycles. The van der Waals surface area contributed by atoms with Gasteiger partial charge in [0, 0.05) is 6.04 Å². The molecule has 1 N–H and O–H groups in total. The minimum absolute atomic E-state index is 0.0470. The van der Waals surface area contributed by atoms with Gasteiger partial charge >= 0.3 is 5.97 Å². The molecule has 0 radical (unpaired) electrons. The van der Waals surface area contributed by atoms with Gasteiger partial charge in [-0.25, -0.2) is 0 Å². The first kappa shape index (κ1) is 15.5. The monoisotopic (exact) mass is 285 g/mol. The van der Waals surface area contributed by atoms with E-state index in [0.717, 1.165) is 5.56 Å². The molecule has 0 aliphatic carbocycles. The Kier molecular flexibility index (Phi) is 4.33. The quantitative estimate of drug-likeness (QED) is 0.899. The van der Waals surface area contributed by atoms with E-state index in [-0.39, 0.29) is 6.04 Å². The van der Waals surface area contributed by atoms with Crippen LogP contribution in [0.25, 0.3) is 10.8 Å². The lowest BCUT2D eigenvalue weighted by Gasteiger charge is -2.39. The van der Waals surface area contributed by atoms with Crippen LogP contribution in [-0.2, 0) is 4.79 Å². The van der Waals surface area contributed by atoms with E-state index >= 15 is 0 Å². The highest BCUT2D eigenvalue weighted by molar-refractivity contribution is 5.83. The molecule has 0 fully saturated rings. The molecule has 21 heavy (non-hydrogen) atoms. The van der Waals surface area contributed by atoms with Crippen molar-refractivity contribution in [2.45, 2.75) is 39.3 Å². The zero-order chi connectivity index (χ0) is 15.6. The number of carbonyl (C=O) groups is 1. The Morgan fingerprint density at radius 1 is 1.19 bits per heavy atom. The lowest BCUT2D eigenvalue weighted by molar-refractivity contribution is -0.150. The van der Waals surface area contributed by atoms with Gasteiger partial charge in [-0.2, -0.15) is 0 Å². The molecule has 0 aliphatic rings. The molecule has 2 aromatic rings. The number of carboxylic acids is 1. The SMILES string of the molecule is CCN(C(C)c1ccc2ccccc2c1)C(C)(C)C(=O)O. The Bertz CT molecular complexity index is 648. The van der Waals surface area contributed by atoms with Crippen LogP contribution in [0.1, 0.15) is 39.3 Å². The number of hydrogen-bond acceptors (Lipinski definition) is 2. The average molecular weight is 285 g/mol. The van der Waals surface area contributed by atoms with Crippen LogP contribution < -0.4 is 0 Å². The second-order valence-corrected chi connectivity index (χ2v) is 5.93. The molecule has 0 spiro atoms. The molecule has 2 rings (SSSR count). The first-order valence-electron chi connectivity index (χ1n) is 7.36. The Morgan fingerprint density at radius 2 is 1.81 bits per heavy atom. The van der Waals surface area contributed by atoms with Crippen molar-refractivity contribution in [2.24, 2.45) is 0 Å². The first-order valence-corrected chi connectivity index (χ1v) is 7.36. The fourth-order valence-corrected chi connectivity index (χ4v) is 2.92. The number of carboxylic acid groups (broad SMARTS) is 1. The van der Waals surface area contributed by atoms with Gasteiger partial charge in [-0.05, 0) is 49.7 Å². The molecule has 112 valence electrons. The van der Waals surface area contributed by atoms with E-state index < -0.39 is 11.5 Å². The van der Waals surface area contributed by atoms with Gasteiger partial charge in [0.05, 0.1) is 0 Å². The molecule has 0 saturated heterocycles. The second kappa shape index (κ2) is 5.86. The van der Waals surface area contributed by atoms with Crippen LogP contribution in [0.5, 0.6) is 0 Å². The van der Waals surface area contributed by atoms with Crippen molar-refractivity contribution in [3.05, 3.63) is 48.0 Å². The summed E-state index contributed by atoms with van der Waals surface area (Å²) < 4.78 is 0. The fourth-order valence-electron chi connectivity index (χ4n) is 2.92. The Balaban J connectivity index is 2.39. The number of nitrogens with zero attached hydrogens (tertiary/aromatic N) is 1. The lowest BCUT2D eigenvalue weighted by Crippen LogP contribution is -2.50. The topological polar surface area (TPSA) is 40.5 Å². The third-order valence-electron chi connectivity index (χ3n) is 4.31. The molecule has 0 amide bonds. The third-order valence-corrected chi connectivity index (χ3v) is 4.31. The minimum atomic E-state index is -0.889. The first-order chi connectivity index (χ1) is 9.87. The molecule has 1 atom stereocenters. The Morgan fingerprint density at radius 3 is 2.38 bits per heavy atom. The summed E-state index contributed by atoms with van der Waals surface area (Å²) in [5, 5.41) is 11.9. The maximum Gasteiger partial charge on any atom is 0.323 e. The summed E-state index contributed by atoms with van der Waals surface area (Å²) in [7, 11) is 0.